The van der Waals surface area contributed by atoms with E-state index < -0.39 is 10.0 Å². The van der Waals surface area contributed by atoms with Crippen molar-refractivity contribution in [1.82, 2.24) is 14.9 Å². The Morgan fingerprint density at radius 1 is 1.03 bits per heavy atom. The molecule has 2 aromatic carbocycles. The summed E-state index contributed by atoms with van der Waals surface area (Å²) in [6.45, 7) is 5.47. The van der Waals surface area contributed by atoms with Crippen LogP contribution in [0.25, 0.3) is 0 Å². The van der Waals surface area contributed by atoms with Crippen LogP contribution in [0.15, 0.2) is 53.4 Å². The van der Waals surface area contributed by atoms with Crippen molar-refractivity contribution in [3.63, 3.8) is 0 Å². The third-order valence-electron chi connectivity index (χ3n) is 5.33. The zero-order valence-electron chi connectivity index (χ0n) is 17.0. The minimum Gasteiger partial charge on any atom is -0.334 e. The van der Waals surface area contributed by atoms with E-state index in [1.165, 1.54) is 0 Å². The standard InChI is InChI=1S/C22H29N3O3S/c1-17-8-4-5-9-21(17)18(2)24-22(26)23-16-19-10-12-20(13-11-19)29(27,28)25-14-6-3-7-15-25/h4-5,8-13,18H,3,6-7,14-16H2,1-2H3,(H2,23,24,26)/t18-/m1/s1. The number of rotatable bonds is 6. The molecule has 3 rings (SSSR count). The molecule has 2 amide bonds. The van der Waals surface area contributed by atoms with Crippen LogP contribution >= 0.6 is 0 Å². The van der Waals surface area contributed by atoms with Gasteiger partial charge in [0.25, 0.3) is 0 Å². The van der Waals surface area contributed by atoms with Crippen LogP contribution in [-0.2, 0) is 16.6 Å². The Balaban J connectivity index is 1.54. The molecule has 0 aliphatic carbocycles. The number of urea groups is 1. The Morgan fingerprint density at radius 2 is 1.69 bits per heavy atom. The number of sulfonamides is 1. The number of carbonyl (C=O) groups is 1. The van der Waals surface area contributed by atoms with Crippen molar-refractivity contribution in [1.29, 1.82) is 0 Å². The zero-order valence-corrected chi connectivity index (χ0v) is 17.8. The van der Waals surface area contributed by atoms with E-state index in [-0.39, 0.29) is 12.1 Å². The van der Waals surface area contributed by atoms with Crippen molar-refractivity contribution in [3.8, 4) is 0 Å². The average Bonchev–Trinajstić information content (AvgIpc) is 2.73. The van der Waals surface area contributed by atoms with Gasteiger partial charge in [-0.3, -0.25) is 0 Å². The maximum atomic E-state index is 12.7. The summed E-state index contributed by atoms with van der Waals surface area (Å²) in [5, 5.41) is 5.76. The summed E-state index contributed by atoms with van der Waals surface area (Å²) < 4.78 is 26.9. The maximum Gasteiger partial charge on any atom is 0.315 e. The Kier molecular flexibility index (Phi) is 6.92. The third-order valence-corrected chi connectivity index (χ3v) is 7.24. The van der Waals surface area contributed by atoms with Crippen LogP contribution in [-0.4, -0.2) is 31.8 Å². The van der Waals surface area contributed by atoms with Gasteiger partial charge in [0.05, 0.1) is 10.9 Å². The first-order chi connectivity index (χ1) is 13.9. The molecule has 6 nitrogen and oxygen atoms in total. The molecule has 1 atom stereocenters. The molecule has 0 saturated carbocycles. The first kappa shape index (κ1) is 21.3. The molecule has 29 heavy (non-hydrogen) atoms. The van der Waals surface area contributed by atoms with Crippen LogP contribution in [0, 0.1) is 6.92 Å². The maximum absolute atomic E-state index is 12.7. The number of benzene rings is 2. The molecule has 2 N–H and O–H groups in total. The van der Waals surface area contributed by atoms with Crippen LogP contribution < -0.4 is 10.6 Å². The fourth-order valence-electron chi connectivity index (χ4n) is 3.61. The molecule has 2 aromatic rings. The van der Waals surface area contributed by atoms with E-state index in [0.717, 1.165) is 36.0 Å². The van der Waals surface area contributed by atoms with Crippen molar-refractivity contribution in [3.05, 3.63) is 65.2 Å². The molecule has 1 fully saturated rings. The lowest BCUT2D eigenvalue weighted by molar-refractivity contribution is 0.237. The molecular formula is C22H29N3O3S. The van der Waals surface area contributed by atoms with E-state index in [2.05, 4.69) is 10.6 Å². The summed E-state index contributed by atoms with van der Waals surface area (Å²) in [6, 6.07) is 14.3. The Hall–Kier alpha value is -2.38. The first-order valence-corrected chi connectivity index (χ1v) is 11.5. The zero-order chi connectivity index (χ0) is 20.9. The Bertz CT molecular complexity index is 936. The fraction of sp³-hybridized carbons (Fsp3) is 0.409. The number of amides is 2. The van der Waals surface area contributed by atoms with Gasteiger partial charge in [0.1, 0.15) is 0 Å². The third kappa shape index (κ3) is 5.36. The molecule has 0 bridgehead atoms. The molecule has 1 aliphatic rings. The summed E-state index contributed by atoms with van der Waals surface area (Å²) in [5.41, 5.74) is 3.06. The highest BCUT2D eigenvalue weighted by Crippen LogP contribution is 2.21. The number of nitrogens with zero attached hydrogens (tertiary/aromatic N) is 1. The normalized spacial score (nSPS) is 16.2. The Labute approximate surface area is 173 Å². The van der Waals surface area contributed by atoms with E-state index in [1.807, 2.05) is 38.1 Å². The molecule has 1 aliphatic heterocycles. The van der Waals surface area contributed by atoms with Crippen LogP contribution in [0.4, 0.5) is 4.79 Å². The number of carbonyl (C=O) groups excluding carboxylic acids is 1. The van der Waals surface area contributed by atoms with Gasteiger partial charge in [0, 0.05) is 19.6 Å². The lowest BCUT2D eigenvalue weighted by atomic mass is 10.0. The van der Waals surface area contributed by atoms with Crippen molar-refractivity contribution < 1.29 is 13.2 Å². The summed E-state index contributed by atoms with van der Waals surface area (Å²) >= 11 is 0. The molecular weight excluding hydrogens is 386 g/mol. The van der Waals surface area contributed by atoms with Crippen molar-refractivity contribution in [2.45, 2.75) is 50.6 Å². The van der Waals surface area contributed by atoms with E-state index in [4.69, 9.17) is 0 Å². The van der Waals surface area contributed by atoms with Crippen molar-refractivity contribution in [2.75, 3.05) is 13.1 Å². The molecule has 7 heteroatoms. The largest absolute Gasteiger partial charge is 0.334 e. The molecule has 156 valence electrons. The summed E-state index contributed by atoms with van der Waals surface area (Å²) in [4.78, 5) is 12.5. The van der Waals surface area contributed by atoms with Gasteiger partial charge in [-0.2, -0.15) is 4.31 Å². The second-order valence-electron chi connectivity index (χ2n) is 7.51. The number of aryl methyl sites for hydroxylation is 1. The second-order valence-corrected chi connectivity index (χ2v) is 9.45. The van der Waals surface area contributed by atoms with E-state index >= 15 is 0 Å². The van der Waals surface area contributed by atoms with Crippen molar-refractivity contribution in [2.24, 2.45) is 0 Å². The van der Waals surface area contributed by atoms with Crippen molar-refractivity contribution >= 4 is 16.1 Å². The molecule has 1 heterocycles. The summed E-state index contributed by atoms with van der Waals surface area (Å²) in [6.07, 6.45) is 2.91. The lowest BCUT2D eigenvalue weighted by Gasteiger charge is -2.25. The topological polar surface area (TPSA) is 78.5 Å². The van der Waals surface area contributed by atoms with Gasteiger partial charge in [0.15, 0.2) is 0 Å². The quantitative estimate of drug-likeness (QED) is 0.755. The van der Waals surface area contributed by atoms with E-state index in [1.54, 1.807) is 28.6 Å². The fourth-order valence-corrected chi connectivity index (χ4v) is 5.13. The van der Waals surface area contributed by atoms with E-state index in [9.17, 15) is 13.2 Å². The minimum atomic E-state index is -3.43. The molecule has 0 radical (unpaired) electrons. The van der Waals surface area contributed by atoms with Crippen LogP contribution in [0.2, 0.25) is 0 Å². The average molecular weight is 416 g/mol. The van der Waals surface area contributed by atoms with Crippen LogP contribution in [0.5, 0.6) is 0 Å². The molecule has 0 aromatic heterocycles. The monoisotopic (exact) mass is 415 g/mol. The van der Waals surface area contributed by atoms with Gasteiger partial charge in [-0.15, -0.1) is 0 Å². The molecule has 0 unspecified atom stereocenters. The van der Waals surface area contributed by atoms with Gasteiger partial charge < -0.3 is 10.6 Å². The number of hydrogen-bond donors (Lipinski definition) is 2. The number of hydrogen-bond acceptors (Lipinski definition) is 3. The van der Waals surface area contributed by atoms with Crippen LogP contribution in [0.3, 0.4) is 0 Å². The van der Waals surface area contributed by atoms with Gasteiger partial charge in [0.2, 0.25) is 10.0 Å². The minimum absolute atomic E-state index is 0.103. The predicted octanol–water partition coefficient (Wildman–Crippen LogP) is 3.73. The lowest BCUT2D eigenvalue weighted by Crippen LogP contribution is -2.37. The highest BCUT2D eigenvalue weighted by Gasteiger charge is 2.25. The smallest absolute Gasteiger partial charge is 0.315 e. The second kappa shape index (κ2) is 9.41. The first-order valence-electron chi connectivity index (χ1n) is 10.1. The molecule has 0 spiro atoms. The van der Waals surface area contributed by atoms with Crippen LogP contribution in [0.1, 0.15) is 48.9 Å². The number of piperidine rings is 1. The SMILES string of the molecule is Cc1ccccc1[C@@H](C)NC(=O)NCc1ccc(S(=O)(=O)N2CCCCC2)cc1. The van der Waals surface area contributed by atoms with Gasteiger partial charge >= 0.3 is 6.03 Å². The number of nitrogens with one attached hydrogen (secondary N) is 2. The Morgan fingerprint density at radius 3 is 2.34 bits per heavy atom. The van der Waals surface area contributed by atoms with Gasteiger partial charge in [-0.1, -0.05) is 42.8 Å². The van der Waals surface area contributed by atoms with Gasteiger partial charge in [-0.25, -0.2) is 13.2 Å². The highest BCUT2D eigenvalue weighted by molar-refractivity contribution is 7.89. The highest BCUT2D eigenvalue weighted by atomic mass is 32.2. The van der Waals surface area contributed by atoms with E-state index in [0.29, 0.717) is 24.5 Å². The molecule has 1 saturated heterocycles. The predicted molar refractivity (Wildman–Crippen MR) is 114 cm³/mol. The van der Waals surface area contributed by atoms with Gasteiger partial charge in [-0.05, 0) is 55.5 Å². The summed E-state index contributed by atoms with van der Waals surface area (Å²) in [7, 11) is -3.43. The summed E-state index contributed by atoms with van der Waals surface area (Å²) in [5.74, 6) is 0.